The molecule has 1 aromatic rings. The van der Waals surface area contributed by atoms with E-state index in [-0.39, 0.29) is 15.6 Å². The summed E-state index contributed by atoms with van der Waals surface area (Å²) in [5.74, 6) is 0. The summed E-state index contributed by atoms with van der Waals surface area (Å²) in [6.07, 6.45) is -4.95. The Balaban J connectivity index is 3.41. The van der Waals surface area contributed by atoms with Crippen molar-refractivity contribution in [3.63, 3.8) is 0 Å². The zero-order valence-electron chi connectivity index (χ0n) is 7.20. The number of rotatable bonds is 1. The van der Waals surface area contributed by atoms with Crippen LogP contribution < -0.4 is 0 Å². The fourth-order valence-corrected chi connectivity index (χ4v) is 1.52. The number of benzene rings is 1. The summed E-state index contributed by atoms with van der Waals surface area (Å²) in [6.45, 7) is 0. The van der Waals surface area contributed by atoms with Crippen molar-refractivity contribution in [3.05, 3.63) is 33.3 Å². The van der Waals surface area contributed by atoms with Crippen LogP contribution in [0.2, 0.25) is 10.0 Å². The Bertz CT molecular complexity index is 421. The molecule has 0 heterocycles. The normalized spacial score (nSPS) is 11.2. The highest BCUT2D eigenvalue weighted by Crippen LogP contribution is 2.38. The molecule has 0 N–H and O–H groups in total. The second-order valence-electron chi connectivity index (χ2n) is 2.72. The van der Waals surface area contributed by atoms with Crippen LogP contribution in [-0.2, 0) is 12.6 Å². The fourth-order valence-electron chi connectivity index (χ4n) is 1.11. The molecule has 0 spiro atoms. The maximum absolute atomic E-state index is 12.5. The van der Waals surface area contributed by atoms with E-state index in [1.165, 1.54) is 0 Å². The largest absolute Gasteiger partial charge is 0.416 e. The summed E-state index contributed by atoms with van der Waals surface area (Å²) in [5, 5.41) is 8.20. The Hall–Kier alpha value is -0.920. The molecule has 0 amide bonds. The molecule has 0 unspecified atom stereocenters. The average molecular weight is 254 g/mol. The van der Waals surface area contributed by atoms with Crippen LogP contribution >= 0.6 is 23.2 Å². The minimum absolute atomic E-state index is 0.00918. The maximum atomic E-state index is 12.5. The van der Waals surface area contributed by atoms with Crippen LogP contribution in [0.5, 0.6) is 0 Å². The number of hydrogen-bond donors (Lipinski definition) is 0. The molecule has 15 heavy (non-hydrogen) atoms. The van der Waals surface area contributed by atoms with Crippen LogP contribution in [0.4, 0.5) is 13.2 Å². The predicted molar refractivity (Wildman–Crippen MR) is 50.8 cm³/mol. The summed E-state index contributed by atoms with van der Waals surface area (Å²) in [6, 6.07) is 3.50. The van der Waals surface area contributed by atoms with Crippen molar-refractivity contribution in [2.75, 3.05) is 0 Å². The van der Waals surface area contributed by atoms with Crippen molar-refractivity contribution in [3.8, 4) is 6.07 Å². The molecule has 1 aromatic carbocycles. The van der Waals surface area contributed by atoms with Gasteiger partial charge >= 0.3 is 6.18 Å². The topological polar surface area (TPSA) is 23.8 Å². The van der Waals surface area contributed by atoms with Gasteiger partial charge in [-0.05, 0) is 17.7 Å². The van der Waals surface area contributed by atoms with Gasteiger partial charge in [0.1, 0.15) is 0 Å². The SMILES string of the molecule is N#CCc1c(C(F)(F)F)ccc(Cl)c1Cl. The Morgan fingerprint density at radius 1 is 1.27 bits per heavy atom. The van der Waals surface area contributed by atoms with Gasteiger partial charge in [0.25, 0.3) is 0 Å². The van der Waals surface area contributed by atoms with Gasteiger partial charge in [0, 0.05) is 0 Å². The summed E-state index contributed by atoms with van der Waals surface area (Å²) in [5.41, 5.74) is -1.20. The molecule has 1 nitrogen and oxygen atoms in total. The van der Waals surface area contributed by atoms with Crippen LogP contribution in [0, 0.1) is 11.3 Å². The third-order valence-corrected chi connectivity index (χ3v) is 2.60. The monoisotopic (exact) mass is 253 g/mol. The highest BCUT2D eigenvalue weighted by atomic mass is 35.5. The lowest BCUT2D eigenvalue weighted by molar-refractivity contribution is -0.138. The molecule has 80 valence electrons. The smallest absolute Gasteiger partial charge is 0.198 e. The highest BCUT2D eigenvalue weighted by molar-refractivity contribution is 6.42. The number of halogens is 5. The molecular weight excluding hydrogens is 250 g/mol. The molecule has 0 bridgehead atoms. The van der Waals surface area contributed by atoms with Gasteiger partial charge in [-0.25, -0.2) is 0 Å². The Morgan fingerprint density at radius 2 is 1.87 bits per heavy atom. The predicted octanol–water partition coefficient (Wildman–Crippen LogP) is 4.08. The van der Waals surface area contributed by atoms with Crippen molar-refractivity contribution in [1.29, 1.82) is 5.26 Å². The quantitative estimate of drug-likeness (QED) is 0.740. The van der Waals surface area contributed by atoms with Gasteiger partial charge < -0.3 is 0 Å². The Morgan fingerprint density at radius 3 is 2.33 bits per heavy atom. The first-order chi connectivity index (χ1) is 6.88. The molecule has 6 heteroatoms. The van der Waals surface area contributed by atoms with E-state index in [1.807, 2.05) is 0 Å². The van der Waals surface area contributed by atoms with E-state index in [4.69, 9.17) is 28.5 Å². The van der Waals surface area contributed by atoms with E-state index in [2.05, 4.69) is 0 Å². The van der Waals surface area contributed by atoms with E-state index in [0.717, 1.165) is 12.1 Å². The van der Waals surface area contributed by atoms with E-state index in [9.17, 15) is 13.2 Å². The second-order valence-corrected chi connectivity index (χ2v) is 3.51. The third-order valence-electron chi connectivity index (χ3n) is 1.76. The molecular formula is C9H4Cl2F3N. The van der Waals surface area contributed by atoms with Gasteiger partial charge in [-0.1, -0.05) is 23.2 Å². The van der Waals surface area contributed by atoms with E-state index >= 15 is 0 Å². The number of hydrogen-bond acceptors (Lipinski definition) is 1. The summed E-state index contributed by atoms with van der Waals surface area (Å²) >= 11 is 11.2. The molecule has 0 aliphatic carbocycles. The van der Waals surface area contributed by atoms with Crippen molar-refractivity contribution in [1.82, 2.24) is 0 Å². The molecule has 0 fully saturated rings. The fraction of sp³-hybridized carbons (Fsp3) is 0.222. The summed E-state index contributed by atoms with van der Waals surface area (Å²) < 4.78 is 37.4. The molecule has 0 aromatic heterocycles. The van der Waals surface area contributed by atoms with Crippen molar-refractivity contribution >= 4 is 23.2 Å². The maximum Gasteiger partial charge on any atom is 0.416 e. The molecule has 0 atom stereocenters. The lowest BCUT2D eigenvalue weighted by Gasteiger charge is -2.12. The second kappa shape index (κ2) is 4.30. The molecule has 0 aliphatic rings. The van der Waals surface area contributed by atoms with Crippen LogP contribution in [0.15, 0.2) is 12.1 Å². The average Bonchev–Trinajstić information content (AvgIpc) is 2.11. The van der Waals surface area contributed by atoms with E-state index < -0.39 is 18.2 Å². The van der Waals surface area contributed by atoms with Gasteiger partial charge in [0.15, 0.2) is 0 Å². The first-order valence-corrected chi connectivity index (χ1v) is 4.54. The molecule has 1 rings (SSSR count). The third kappa shape index (κ3) is 2.55. The first kappa shape index (κ1) is 12.2. The van der Waals surface area contributed by atoms with Gasteiger partial charge in [-0.3, -0.25) is 0 Å². The minimum Gasteiger partial charge on any atom is -0.198 e. The molecule has 0 radical (unpaired) electrons. The number of alkyl halides is 3. The van der Waals surface area contributed by atoms with Gasteiger partial charge in [-0.2, -0.15) is 18.4 Å². The van der Waals surface area contributed by atoms with Crippen LogP contribution in [0.25, 0.3) is 0 Å². The van der Waals surface area contributed by atoms with Crippen LogP contribution in [0.1, 0.15) is 11.1 Å². The lowest BCUT2D eigenvalue weighted by atomic mass is 10.0. The Labute approximate surface area is 94.0 Å². The lowest BCUT2D eigenvalue weighted by Crippen LogP contribution is -2.09. The Kier molecular flexibility index (Phi) is 3.48. The molecule has 0 aliphatic heterocycles. The van der Waals surface area contributed by atoms with Crippen LogP contribution in [0.3, 0.4) is 0 Å². The molecule has 0 saturated heterocycles. The summed E-state index contributed by atoms with van der Waals surface area (Å²) in [7, 11) is 0. The standard InChI is InChI=1S/C9H4Cl2F3N/c10-7-2-1-6(9(12,13)14)5(3-4-15)8(7)11/h1-2H,3H2. The summed E-state index contributed by atoms with van der Waals surface area (Å²) in [4.78, 5) is 0. The zero-order valence-corrected chi connectivity index (χ0v) is 8.71. The van der Waals surface area contributed by atoms with E-state index in [0.29, 0.717) is 0 Å². The zero-order chi connectivity index (χ0) is 11.6. The van der Waals surface area contributed by atoms with Crippen molar-refractivity contribution in [2.45, 2.75) is 12.6 Å². The van der Waals surface area contributed by atoms with Crippen molar-refractivity contribution < 1.29 is 13.2 Å². The molecule has 0 saturated carbocycles. The van der Waals surface area contributed by atoms with Gasteiger partial charge in [0.2, 0.25) is 0 Å². The highest BCUT2D eigenvalue weighted by Gasteiger charge is 2.34. The van der Waals surface area contributed by atoms with Gasteiger partial charge in [-0.15, -0.1) is 0 Å². The first-order valence-electron chi connectivity index (χ1n) is 3.79. The van der Waals surface area contributed by atoms with Crippen LogP contribution in [-0.4, -0.2) is 0 Å². The van der Waals surface area contributed by atoms with Crippen molar-refractivity contribution in [2.24, 2.45) is 0 Å². The minimum atomic E-state index is -4.53. The number of nitrogens with zero attached hydrogens (tertiary/aromatic N) is 1. The number of nitriles is 1. The van der Waals surface area contributed by atoms with Gasteiger partial charge in [0.05, 0.1) is 28.1 Å². The van der Waals surface area contributed by atoms with E-state index in [1.54, 1.807) is 6.07 Å².